The lowest BCUT2D eigenvalue weighted by Gasteiger charge is -2.18. The van der Waals surface area contributed by atoms with Gasteiger partial charge in [0.05, 0.1) is 6.07 Å². The monoisotopic (exact) mass is 235 g/mol. The highest BCUT2D eigenvalue weighted by Crippen LogP contribution is 2.31. The van der Waals surface area contributed by atoms with E-state index in [0.717, 1.165) is 11.8 Å². The van der Waals surface area contributed by atoms with Crippen molar-refractivity contribution in [1.82, 2.24) is 0 Å². The summed E-state index contributed by atoms with van der Waals surface area (Å²) >= 11 is 9.72. The minimum Gasteiger partial charge on any atom is -0.481 e. The lowest BCUT2D eigenvalue weighted by Crippen LogP contribution is -2.19. The zero-order valence-electron chi connectivity index (χ0n) is 6.98. The van der Waals surface area contributed by atoms with Crippen molar-refractivity contribution in [2.75, 3.05) is 0 Å². The molecule has 0 aliphatic heterocycles. The highest BCUT2D eigenvalue weighted by Gasteiger charge is 2.26. The van der Waals surface area contributed by atoms with Crippen molar-refractivity contribution < 1.29 is 9.90 Å². The Morgan fingerprint density at radius 3 is 2.69 bits per heavy atom. The van der Waals surface area contributed by atoms with Gasteiger partial charge in [0.25, 0.3) is 0 Å². The Morgan fingerprint density at radius 2 is 2.38 bits per heavy atom. The fourth-order valence-corrected chi connectivity index (χ4v) is 2.46. The van der Waals surface area contributed by atoms with E-state index in [2.05, 4.69) is 12.6 Å². The molecule has 0 aliphatic rings. The molecule has 0 radical (unpaired) electrons. The largest absolute Gasteiger partial charge is 0.481 e. The van der Waals surface area contributed by atoms with Gasteiger partial charge in [-0.1, -0.05) is 24.0 Å². The van der Waals surface area contributed by atoms with Crippen molar-refractivity contribution in [3.63, 3.8) is 0 Å². The zero-order valence-corrected chi connectivity index (χ0v) is 9.51. The van der Waals surface area contributed by atoms with E-state index in [4.69, 9.17) is 22.6 Å². The number of hydrogen-bond acceptors (Lipinski definition) is 4. The van der Waals surface area contributed by atoms with Crippen LogP contribution in [0.25, 0.3) is 0 Å². The van der Waals surface area contributed by atoms with Gasteiger partial charge in [0.15, 0.2) is 0 Å². The van der Waals surface area contributed by atoms with Gasteiger partial charge in [-0.2, -0.15) is 5.26 Å². The molecule has 0 rings (SSSR count). The predicted octanol–water partition coefficient (Wildman–Crippen LogP) is 2.08. The zero-order chi connectivity index (χ0) is 10.5. The maximum atomic E-state index is 10.3. The van der Waals surface area contributed by atoms with Crippen LogP contribution in [-0.4, -0.2) is 19.4 Å². The summed E-state index contributed by atoms with van der Waals surface area (Å²) in [6, 6.07) is 2.03. The van der Waals surface area contributed by atoms with Crippen LogP contribution in [-0.2, 0) is 4.79 Å². The van der Waals surface area contributed by atoms with Gasteiger partial charge in [-0.05, 0) is 13.3 Å². The molecule has 0 saturated carbocycles. The van der Waals surface area contributed by atoms with Crippen molar-refractivity contribution >= 4 is 46.1 Å². The Labute approximate surface area is 91.9 Å². The van der Waals surface area contributed by atoms with Crippen LogP contribution in [0.1, 0.15) is 19.8 Å². The number of carboxylic acid groups (broad SMARTS) is 1. The molecule has 0 aliphatic carbocycles. The number of nitrogens with zero attached hydrogens (tertiary/aromatic N) is 1. The first-order valence-electron chi connectivity index (χ1n) is 3.44. The quantitative estimate of drug-likeness (QED) is 0.577. The second-order valence-corrected chi connectivity index (χ2v) is 5.84. The van der Waals surface area contributed by atoms with E-state index in [0.29, 0.717) is 3.53 Å². The number of thiocarbonyl (C=S) groups is 1. The number of carboxylic acids is 1. The summed E-state index contributed by atoms with van der Waals surface area (Å²) in [7, 11) is 0. The van der Waals surface area contributed by atoms with Crippen LogP contribution in [0, 0.1) is 11.3 Å². The predicted molar refractivity (Wildman–Crippen MR) is 60.1 cm³/mol. The minimum absolute atomic E-state index is 0.0343. The summed E-state index contributed by atoms with van der Waals surface area (Å²) in [5, 5.41) is 17.2. The standard InChI is InChI=1S/C7H9NO2S3/c1-7(4-8,13-6(11)12)3-2-5(9)10/h2-3H2,1H3,(H,9,10)(H,11,12). The number of carbonyl (C=O) groups is 1. The summed E-state index contributed by atoms with van der Waals surface area (Å²) in [5.74, 6) is -0.910. The van der Waals surface area contributed by atoms with Crippen molar-refractivity contribution in [1.29, 1.82) is 5.26 Å². The fraction of sp³-hybridized carbons (Fsp3) is 0.571. The van der Waals surface area contributed by atoms with Crippen molar-refractivity contribution in [2.45, 2.75) is 24.5 Å². The molecule has 1 atom stereocenters. The third kappa shape index (κ3) is 5.91. The molecule has 0 saturated heterocycles. The van der Waals surface area contributed by atoms with Gasteiger partial charge >= 0.3 is 5.97 Å². The van der Waals surface area contributed by atoms with Crippen molar-refractivity contribution in [2.24, 2.45) is 0 Å². The second kappa shape index (κ2) is 5.47. The first-order chi connectivity index (χ1) is 5.89. The first-order valence-corrected chi connectivity index (χ1v) is 5.12. The van der Waals surface area contributed by atoms with Crippen LogP contribution in [0.2, 0.25) is 0 Å². The van der Waals surface area contributed by atoms with Gasteiger partial charge in [-0.15, -0.1) is 12.6 Å². The number of aliphatic carboxylic acids is 1. The minimum atomic E-state index is -0.910. The third-order valence-electron chi connectivity index (χ3n) is 1.37. The first kappa shape index (κ1) is 12.8. The number of hydrogen-bond donors (Lipinski definition) is 2. The molecular weight excluding hydrogens is 226 g/mol. The Kier molecular flexibility index (Phi) is 5.37. The molecule has 0 aromatic carbocycles. The lowest BCUT2D eigenvalue weighted by atomic mass is 10.1. The Morgan fingerprint density at radius 1 is 1.85 bits per heavy atom. The topological polar surface area (TPSA) is 61.1 Å². The summed E-state index contributed by atoms with van der Waals surface area (Å²) in [5.41, 5.74) is 0. The van der Waals surface area contributed by atoms with Crippen LogP contribution in [0.15, 0.2) is 0 Å². The molecule has 3 nitrogen and oxygen atoms in total. The summed E-state index contributed by atoms with van der Waals surface area (Å²) in [4.78, 5) is 10.3. The van der Waals surface area contributed by atoms with Crippen LogP contribution >= 0.6 is 36.6 Å². The number of nitriles is 1. The smallest absolute Gasteiger partial charge is 0.303 e. The maximum absolute atomic E-state index is 10.3. The van der Waals surface area contributed by atoms with Gasteiger partial charge in [0.2, 0.25) is 0 Å². The highest BCUT2D eigenvalue weighted by molar-refractivity contribution is 8.42. The molecule has 0 bridgehead atoms. The van der Waals surface area contributed by atoms with Crippen molar-refractivity contribution in [3.05, 3.63) is 0 Å². The molecule has 13 heavy (non-hydrogen) atoms. The molecule has 72 valence electrons. The Balaban J connectivity index is 4.22. The van der Waals surface area contributed by atoms with Crippen molar-refractivity contribution in [3.8, 4) is 6.07 Å². The molecule has 0 spiro atoms. The van der Waals surface area contributed by atoms with E-state index < -0.39 is 10.7 Å². The Bertz CT molecular complexity index is 261. The average Bonchev–Trinajstić information content (AvgIpc) is 2.00. The lowest BCUT2D eigenvalue weighted by molar-refractivity contribution is -0.137. The molecule has 0 amide bonds. The molecule has 0 heterocycles. The number of thioether (sulfide) groups is 1. The second-order valence-electron chi connectivity index (χ2n) is 2.60. The summed E-state index contributed by atoms with van der Waals surface area (Å²) < 4.78 is -0.425. The normalized spacial score (nSPS) is 14.2. The highest BCUT2D eigenvalue weighted by atomic mass is 32.2. The van der Waals surface area contributed by atoms with E-state index >= 15 is 0 Å². The van der Waals surface area contributed by atoms with Crippen LogP contribution in [0.5, 0.6) is 0 Å². The third-order valence-corrected chi connectivity index (χ3v) is 2.81. The summed E-state index contributed by atoms with van der Waals surface area (Å²) in [6.45, 7) is 1.66. The number of rotatable bonds is 4. The average molecular weight is 235 g/mol. The van der Waals surface area contributed by atoms with Gasteiger partial charge in [0.1, 0.15) is 8.28 Å². The van der Waals surface area contributed by atoms with Gasteiger partial charge < -0.3 is 5.11 Å². The van der Waals surface area contributed by atoms with Crippen LogP contribution < -0.4 is 0 Å². The Hall–Kier alpha value is -0.250. The van der Waals surface area contributed by atoms with E-state index in [-0.39, 0.29) is 12.8 Å². The molecule has 1 unspecified atom stereocenters. The molecule has 0 aromatic heterocycles. The van der Waals surface area contributed by atoms with Crippen LogP contribution in [0.3, 0.4) is 0 Å². The molecule has 6 heteroatoms. The maximum Gasteiger partial charge on any atom is 0.303 e. The van der Waals surface area contributed by atoms with Crippen LogP contribution in [0.4, 0.5) is 0 Å². The van der Waals surface area contributed by atoms with E-state index in [1.165, 1.54) is 0 Å². The van der Waals surface area contributed by atoms with E-state index in [9.17, 15) is 4.79 Å². The number of thiol groups is 1. The molecular formula is C7H9NO2S3. The fourth-order valence-electron chi connectivity index (χ4n) is 0.668. The van der Waals surface area contributed by atoms with Gasteiger partial charge in [-0.3, -0.25) is 4.79 Å². The molecule has 0 aromatic rings. The SMILES string of the molecule is CC(C#N)(CCC(=O)O)SC(=S)S. The van der Waals surface area contributed by atoms with E-state index in [1.54, 1.807) is 6.92 Å². The molecule has 1 N–H and O–H groups in total. The van der Waals surface area contributed by atoms with E-state index in [1.807, 2.05) is 6.07 Å². The summed E-state index contributed by atoms with van der Waals surface area (Å²) in [6.07, 6.45) is 0.234. The van der Waals surface area contributed by atoms with Gasteiger partial charge in [0, 0.05) is 6.42 Å². The van der Waals surface area contributed by atoms with Gasteiger partial charge in [-0.25, -0.2) is 0 Å². The molecule has 0 fully saturated rings.